The van der Waals surface area contributed by atoms with Gasteiger partial charge in [0.2, 0.25) is 0 Å². The highest BCUT2D eigenvalue weighted by Gasteiger charge is 2.13. The van der Waals surface area contributed by atoms with E-state index < -0.39 is 5.97 Å². The van der Waals surface area contributed by atoms with E-state index in [9.17, 15) is 9.59 Å². The number of hydrogen-bond donors (Lipinski definition) is 1. The molecule has 4 aromatic rings. The molecule has 4 rings (SSSR count). The van der Waals surface area contributed by atoms with E-state index >= 15 is 0 Å². The standard InChI is InChI=1S/C25H22N2O5S/c1-3-31-19-11-9-16(13-20(19)30-2)10-12-22(28)32-14-21-26-24(29)23-18(15-33-25(23)27-21)17-7-5-4-6-8-17/h4-13,15H,3,14H2,1-2H3,(H,26,27,29)/b12-10+. The number of nitrogens with one attached hydrogen (secondary N) is 1. The molecule has 2 aromatic heterocycles. The fourth-order valence-electron chi connectivity index (χ4n) is 3.31. The van der Waals surface area contributed by atoms with Gasteiger partial charge in [-0.1, -0.05) is 36.4 Å². The van der Waals surface area contributed by atoms with E-state index in [0.29, 0.717) is 34.1 Å². The van der Waals surface area contributed by atoms with Crippen LogP contribution in [0.1, 0.15) is 18.3 Å². The van der Waals surface area contributed by atoms with Gasteiger partial charge in [-0.05, 0) is 36.3 Å². The zero-order chi connectivity index (χ0) is 23.2. The number of H-pyrrole nitrogens is 1. The second-order valence-electron chi connectivity index (χ2n) is 6.99. The summed E-state index contributed by atoms with van der Waals surface area (Å²) in [6.07, 6.45) is 2.93. The van der Waals surface area contributed by atoms with Crippen molar-refractivity contribution in [2.75, 3.05) is 13.7 Å². The normalized spacial score (nSPS) is 11.1. The van der Waals surface area contributed by atoms with E-state index in [-0.39, 0.29) is 12.2 Å². The predicted octanol–water partition coefficient (Wildman–Crippen LogP) is 4.82. The molecule has 0 atom stereocenters. The quantitative estimate of drug-likeness (QED) is 0.298. The van der Waals surface area contributed by atoms with Crippen LogP contribution in [-0.4, -0.2) is 29.7 Å². The second kappa shape index (κ2) is 10.1. The molecule has 0 bridgehead atoms. The molecule has 0 radical (unpaired) electrons. The fourth-order valence-corrected chi connectivity index (χ4v) is 4.27. The molecule has 2 aromatic carbocycles. The Bertz CT molecular complexity index is 1360. The van der Waals surface area contributed by atoms with Crippen molar-refractivity contribution in [3.8, 4) is 22.6 Å². The largest absolute Gasteiger partial charge is 0.493 e. The average Bonchev–Trinajstić information content (AvgIpc) is 3.27. The highest BCUT2D eigenvalue weighted by Crippen LogP contribution is 2.30. The SMILES string of the molecule is CCOc1ccc(/C=C/C(=O)OCc2nc3scc(-c4ccccc4)c3c(=O)[nH]2)cc1OC. The van der Waals surface area contributed by atoms with Gasteiger partial charge in [-0.25, -0.2) is 9.78 Å². The van der Waals surface area contributed by atoms with Gasteiger partial charge in [-0.15, -0.1) is 11.3 Å². The maximum atomic E-state index is 12.7. The van der Waals surface area contributed by atoms with Gasteiger partial charge in [-0.2, -0.15) is 0 Å². The Hall–Kier alpha value is -3.91. The van der Waals surface area contributed by atoms with Crippen LogP contribution in [0.4, 0.5) is 0 Å². The van der Waals surface area contributed by atoms with Crippen molar-refractivity contribution in [1.82, 2.24) is 9.97 Å². The van der Waals surface area contributed by atoms with E-state index in [1.807, 2.05) is 48.7 Å². The van der Waals surface area contributed by atoms with Crippen LogP contribution in [0, 0.1) is 0 Å². The van der Waals surface area contributed by atoms with E-state index in [1.54, 1.807) is 25.3 Å². The average molecular weight is 463 g/mol. The number of carbonyl (C=O) groups is 1. The summed E-state index contributed by atoms with van der Waals surface area (Å²) in [5.41, 5.74) is 2.28. The van der Waals surface area contributed by atoms with Crippen molar-refractivity contribution >= 4 is 33.6 Å². The van der Waals surface area contributed by atoms with Gasteiger partial charge in [0.05, 0.1) is 19.1 Å². The lowest BCUT2D eigenvalue weighted by atomic mass is 10.1. The van der Waals surface area contributed by atoms with Crippen LogP contribution >= 0.6 is 11.3 Å². The van der Waals surface area contributed by atoms with Crippen molar-refractivity contribution in [3.05, 3.63) is 81.7 Å². The summed E-state index contributed by atoms with van der Waals surface area (Å²) in [7, 11) is 1.56. The van der Waals surface area contributed by atoms with Crippen LogP contribution in [-0.2, 0) is 16.1 Å². The van der Waals surface area contributed by atoms with E-state index in [1.165, 1.54) is 17.4 Å². The Kier molecular flexibility index (Phi) is 6.85. The highest BCUT2D eigenvalue weighted by molar-refractivity contribution is 7.17. The molecule has 0 aliphatic rings. The predicted molar refractivity (Wildman–Crippen MR) is 129 cm³/mol. The molecule has 1 N–H and O–H groups in total. The molecule has 0 spiro atoms. The van der Waals surface area contributed by atoms with Gasteiger partial charge in [0.15, 0.2) is 11.5 Å². The van der Waals surface area contributed by atoms with Gasteiger partial charge >= 0.3 is 5.97 Å². The van der Waals surface area contributed by atoms with E-state index in [4.69, 9.17) is 14.2 Å². The minimum Gasteiger partial charge on any atom is -0.493 e. The fraction of sp³-hybridized carbons (Fsp3) is 0.160. The summed E-state index contributed by atoms with van der Waals surface area (Å²) in [6, 6.07) is 15.0. The summed E-state index contributed by atoms with van der Waals surface area (Å²) in [6.45, 7) is 2.28. The van der Waals surface area contributed by atoms with Crippen LogP contribution < -0.4 is 15.0 Å². The maximum Gasteiger partial charge on any atom is 0.331 e. The summed E-state index contributed by atoms with van der Waals surface area (Å²) >= 11 is 1.38. The molecule has 168 valence electrons. The van der Waals surface area contributed by atoms with Gasteiger partial charge in [0, 0.05) is 17.0 Å². The Morgan fingerprint density at radius 1 is 1.15 bits per heavy atom. The number of hydrogen-bond acceptors (Lipinski definition) is 7. The summed E-state index contributed by atoms with van der Waals surface area (Å²) < 4.78 is 16.1. The van der Waals surface area contributed by atoms with Crippen molar-refractivity contribution < 1.29 is 19.0 Å². The zero-order valence-corrected chi connectivity index (χ0v) is 19.0. The molecule has 33 heavy (non-hydrogen) atoms. The number of fused-ring (bicyclic) bond motifs is 1. The number of rotatable bonds is 8. The molecule has 0 amide bonds. The topological polar surface area (TPSA) is 90.5 Å². The molecule has 0 fully saturated rings. The molecule has 0 unspecified atom stereocenters. The van der Waals surface area contributed by atoms with E-state index in [2.05, 4.69) is 9.97 Å². The smallest absolute Gasteiger partial charge is 0.331 e. The van der Waals surface area contributed by atoms with Crippen molar-refractivity contribution in [3.63, 3.8) is 0 Å². The number of carbonyl (C=O) groups excluding carboxylic acids is 1. The lowest BCUT2D eigenvalue weighted by Crippen LogP contribution is -2.13. The van der Waals surface area contributed by atoms with Crippen molar-refractivity contribution in [2.24, 2.45) is 0 Å². The Balaban J connectivity index is 1.44. The summed E-state index contributed by atoms with van der Waals surface area (Å²) in [5.74, 6) is 0.947. The minimum absolute atomic E-state index is 0.139. The Morgan fingerprint density at radius 3 is 2.73 bits per heavy atom. The van der Waals surface area contributed by atoms with Crippen molar-refractivity contribution in [2.45, 2.75) is 13.5 Å². The first-order valence-corrected chi connectivity index (χ1v) is 11.2. The molecule has 0 saturated carbocycles. The molecule has 0 saturated heterocycles. The third-order valence-corrected chi connectivity index (χ3v) is 5.70. The van der Waals surface area contributed by atoms with Crippen LogP contribution in [0.15, 0.2) is 64.8 Å². The lowest BCUT2D eigenvalue weighted by molar-refractivity contribution is -0.139. The number of thiophene rings is 1. The van der Waals surface area contributed by atoms with Gasteiger partial charge < -0.3 is 19.2 Å². The third kappa shape index (κ3) is 5.12. The molecular formula is C25H22N2O5S. The molecule has 7 nitrogen and oxygen atoms in total. The maximum absolute atomic E-state index is 12.7. The van der Waals surface area contributed by atoms with Crippen LogP contribution in [0.3, 0.4) is 0 Å². The lowest BCUT2D eigenvalue weighted by Gasteiger charge is -2.09. The number of aromatic nitrogens is 2. The number of aromatic amines is 1. The third-order valence-electron chi connectivity index (χ3n) is 4.83. The van der Waals surface area contributed by atoms with Crippen LogP contribution in [0.2, 0.25) is 0 Å². The van der Waals surface area contributed by atoms with Crippen LogP contribution in [0.25, 0.3) is 27.4 Å². The number of methoxy groups -OCH3 is 1. The molecule has 2 heterocycles. The Morgan fingerprint density at radius 2 is 1.97 bits per heavy atom. The molecule has 0 aliphatic heterocycles. The molecule has 0 aliphatic carbocycles. The Labute approximate surface area is 194 Å². The zero-order valence-electron chi connectivity index (χ0n) is 18.2. The van der Waals surface area contributed by atoms with Crippen molar-refractivity contribution in [1.29, 1.82) is 0 Å². The minimum atomic E-state index is -0.554. The monoisotopic (exact) mass is 462 g/mol. The number of ether oxygens (including phenoxy) is 3. The van der Waals surface area contributed by atoms with Crippen LogP contribution in [0.5, 0.6) is 11.5 Å². The van der Waals surface area contributed by atoms with E-state index in [0.717, 1.165) is 16.7 Å². The first-order chi connectivity index (χ1) is 16.1. The first kappa shape index (κ1) is 22.3. The number of benzene rings is 2. The second-order valence-corrected chi connectivity index (χ2v) is 7.85. The molecule has 8 heteroatoms. The number of esters is 1. The summed E-state index contributed by atoms with van der Waals surface area (Å²) in [5, 5.41) is 2.44. The number of nitrogens with zero attached hydrogens (tertiary/aromatic N) is 1. The van der Waals surface area contributed by atoms with Gasteiger partial charge in [-0.3, -0.25) is 4.79 Å². The van der Waals surface area contributed by atoms with Gasteiger partial charge in [0.25, 0.3) is 5.56 Å². The highest BCUT2D eigenvalue weighted by atomic mass is 32.1. The first-order valence-electron chi connectivity index (χ1n) is 10.3. The summed E-state index contributed by atoms with van der Waals surface area (Å²) in [4.78, 5) is 32.6. The molecular weight excluding hydrogens is 440 g/mol. The van der Waals surface area contributed by atoms with Gasteiger partial charge in [0.1, 0.15) is 17.3 Å².